The molecular weight excluding hydrogens is 1330 g/mol. The van der Waals surface area contributed by atoms with E-state index in [0.29, 0.717) is 53.9 Å². The molecule has 4 atom stereocenters. The van der Waals surface area contributed by atoms with Gasteiger partial charge in [0.15, 0.2) is 9.84 Å². The quantitative estimate of drug-likeness (QED) is 0.0513. The Labute approximate surface area is 596 Å². The normalized spacial score (nSPS) is 27.0. The van der Waals surface area contributed by atoms with Crippen LogP contribution < -0.4 is 23.3 Å². The monoisotopic (exact) mass is 1420 g/mol. The molecule has 7 fully saturated rings. The number of amides is 1. The van der Waals surface area contributed by atoms with Gasteiger partial charge in [-0.2, -0.15) is 0 Å². The van der Waals surface area contributed by atoms with E-state index in [0.717, 1.165) is 158 Å². The van der Waals surface area contributed by atoms with Crippen LogP contribution in [0.4, 0.5) is 0 Å². The molecule has 534 valence electrons. The molecule has 11 aliphatic rings. The Morgan fingerprint density at radius 2 is 1.10 bits per heavy atom. The van der Waals surface area contributed by atoms with E-state index in [1.165, 1.54) is 50.3 Å². The van der Waals surface area contributed by atoms with E-state index in [2.05, 4.69) is 64.5 Å². The highest BCUT2D eigenvalue weighted by Gasteiger charge is 2.55. The van der Waals surface area contributed by atoms with Crippen LogP contribution in [0.2, 0.25) is 0 Å². The number of sulfone groups is 1. The van der Waals surface area contributed by atoms with Crippen molar-refractivity contribution in [3.05, 3.63) is 119 Å². The summed E-state index contributed by atoms with van der Waals surface area (Å²) in [5.74, 6) is 13.5. The van der Waals surface area contributed by atoms with E-state index >= 15 is 0 Å². The number of sulfonamides is 1. The van der Waals surface area contributed by atoms with E-state index < -0.39 is 48.3 Å². The molecule has 0 aromatic carbocycles. The minimum absolute atomic E-state index is 0.169. The van der Waals surface area contributed by atoms with Crippen molar-refractivity contribution < 1.29 is 60.3 Å². The van der Waals surface area contributed by atoms with Crippen molar-refractivity contribution in [3.8, 4) is 23.0 Å². The number of piperidine rings is 1. The van der Waals surface area contributed by atoms with Crippen LogP contribution in [0.15, 0.2) is 97.2 Å². The number of hydrogen-bond donors (Lipinski definition) is 9. The Morgan fingerprint density at radius 1 is 0.618 bits per heavy atom. The summed E-state index contributed by atoms with van der Waals surface area (Å²) >= 11 is 0. The van der Waals surface area contributed by atoms with Gasteiger partial charge in [0.25, 0.3) is 0 Å². The van der Waals surface area contributed by atoms with Gasteiger partial charge in [0, 0.05) is 99.8 Å². The predicted molar refractivity (Wildman–Crippen MR) is 398 cm³/mol. The largest absolute Gasteiger partial charge is 0.555 e. The van der Waals surface area contributed by atoms with E-state index in [9.17, 15) is 41.7 Å². The summed E-state index contributed by atoms with van der Waals surface area (Å²) < 4.78 is 72.6. The van der Waals surface area contributed by atoms with Gasteiger partial charge in [-0.05, 0) is 226 Å². The molecule has 9 N–H and O–H groups in total. The van der Waals surface area contributed by atoms with Crippen LogP contribution in [0.5, 0.6) is 23.0 Å². The van der Waals surface area contributed by atoms with Crippen molar-refractivity contribution in [2.45, 2.75) is 125 Å². The van der Waals surface area contributed by atoms with Crippen LogP contribution in [0.3, 0.4) is 0 Å². The van der Waals surface area contributed by atoms with Crippen molar-refractivity contribution in [2.24, 2.45) is 64.6 Å². The third kappa shape index (κ3) is 13.7. The molecule has 102 heavy (non-hydrogen) atoms. The number of aromatic amines is 4. The van der Waals surface area contributed by atoms with Crippen LogP contribution in [-0.4, -0.2) is 153 Å². The van der Waals surface area contributed by atoms with E-state index in [1.807, 2.05) is 74.6 Å². The lowest BCUT2D eigenvalue weighted by Crippen LogP contribution is -2.50. The second-order valence-corrected chi connectivity index (χ2v) is 34.8. The number of pyridine rings is 4. The molecule has 5 aliphatic heterocycles. The second-order valence-electron chi connectivity index (χ2n) is 30.6. The lowest BCUT2D eigenvalue weighted by molar-refractivity contribution is -0.132. The third-order valence-electron chi connectivity index (χ3n) is 23.7. The van der Waals surface area contributed by atoms with Crippen molar-refractivity contribution in [1.82, 2.24) is 49.5 Å². The molecule has 23 nitrogen and oxygen atoms in total. The summed E-state index contributed by atoms with van der Waals surface area (Å²) in [5.41, 5.74) is 13.3. The maximum Gasteiger partial charge on any atom is 0.555 e. The van der Waals surface area contributed by atoms with Crippen LogP contribution in [0, 0.1) is 64.6 Å². The van der Waals surface area contributed by atoms with Crippen molar-refractivity contribution in [3.63, 3.8) is 0 Å². The highest BCUT2D eigenvalue weighted by molar-refractivity contribution is 7.91. The molecule has 2 unspecified atom stereocenters. The third-order valence-corrected chi connectivity index (χ3v) is 27.3. The van der Waals surface area contributed by atoms with Gasteiger partial charge in [0.05, 0.1) is 36.3 Å². The Morgan fingerprint density at radius 3 is 1.60 bits per heavy atom. The molecule has 6 saturated carbocycles. The Balaban J connectivity index is 0.000000110. The molecule has 1 amide bonds. The first-order valence-corrected chi connectivity index (χ1v) is 40.0. The summed E-state index contributed by atoms with van der Waals surface area (Å²) in [4.78, 5) is 44.2. The molecule has 0 radical (unpaired) electrons. The van der Waals surface area contributed by atoms with Gasteiger partial charge in [-0.25, -0.2) is 41.5 Å². The number of likely N-dealkylation sites (tertiary alicyclic amines) is 1. The second kappa shape index (κ2) is 28.1. The number of H-pyrrole nitrogens is 4. The van der Waals surface area contributed by atoms with Gasteiger partial charge >= 0.3 is 28.5 Å². The van der Waals surface area contributed by atoms with Gasteiger partial charge in [0.2, 0.25) is 15.9 Å². The van der Waals surface area contributed by atoms with E-state index in [4.69, 9.17) is 18.6 Å². The van der Waals surface area contributed by atoms with Crippen LogP contribution >= 0.6 is 0 Å². The van der Waals surface area contributed by atoms with Crippen molar-refractivity contribution in [2.75, 3.05) is 37.4 Å². The van der Waals surface area contributed by atoms with Gasteiger partial charge < -0.3 is 63.5 Å². The number of aromatic nitrogens is 8. The lowest BCUT2D eigenvalue weighted by atomic mass is 9.45. The highest BCUT2D eigenvalue weighted by atomic mass is 32.2. The van der Waals surface area contributed by atoms with Gasteiger partial charge in [-0.15, -0.1) is 0 Å². The molecule has 8 aromatic heterocycles. The number of hydrogen-bond acceptors (Lipinski definition) is 17. The van der Waals surface area contributed by atoms with Crippen molar-refractivity contribution in [1.29, 1.82) is 0 Å². The summed E-state index contributed by atoms with van der Waals surface area (Å²) in [6.07, 6.45) is 28.4. The van der Waals surface area contributed by atoms with E-state index in [-0.39, 0.29) is 52.8 Å². The maximum atomic E-state index is 12.2. The number of rotatable bonds is 12. The van der Waals surface area contributed by atoms with Crippen LogP contribution in [-0.2, 0) is 24.7 Å². The topological polar surface area (TPSA) is 333 Å². The predicted octanol–water partition coefficient (Wildman–Crippen LogP) is 10.4. The zero-order chi connectivity index (χ0) is 71.1. The van der Waals surface area contributed by atoms with Crippen molar-refractivity contribution >= 4 is 121 Å². The molecule has 19 rings (SSSR count). The zero-order valence-corrected chi connectivity index (χ0v) is 60.3. The smallest absolute Gasteiger partial charge is 0.531 e. The average molecular weight is 1420 g/mol. The van der Waals surface area contributed by atoms with Crippen LogP contribution in [0.25, 0.3) is 66.4 Å². The average Bonchev–Trinajstić information content (AvgIpc) is 0.788. The number of nitrogens with one attached hydrogen (secondary N) is 5. The molecule has 8 aromatic rings. The number of nitrogens with zero attached hydrogens (tertiary/aromatic N) is 5. The van der Waals surface area contributed by atoms with Gasteiger partial charge in [0.1, 0.15) is 45.6 Å². The molecule has 1 saturated heterocycles. The maximum absolute atomic E-state index is 12.2. The number of carbonyl (C=O) groups excluding carboxylic acids is 1. The fourth-order valence-corrected chi connectivity index (χ4v) is 22.3. The summed E-state index contributed by atoms with van der Waals surface area (Å²) in [6, 6.07) is 8.02. The summed E-state index contributed by atoms with van der Waals surface area (Å²) in [6.45, 7) is 11.9. The fourth-order valence-electron chi connectivity index (χ4n) is 19.4. The minimum atomic E-state index is -3.18. The molecule has 13 heterocycles. The number of carbonyl (C=O) groups is 1. The first kappa shape index (κ1) is 70.0. The summed E-state index contributed by atoms with van der Waals surface area (Å²) in [7, 11) is -8.46. The standard InChI is InChI=1S/C20H23BN2O2.C18H22BN3O3.C18H23BN2O4S.C17H22BN3O4S/c1-20-6-11-4-12(7-20)17(13(5-11)8-20)15-9-21(24)25-16-10-23-19-14(18(15)16)2-3-22-19;1-3-16(23)22-7-5-11(2)14(10-22)13-8-19(24)25-15-9-21-18-12(17(13)15)4-6-20-18;1-3-6-26(23,24)10-12-7-13(8-12)16-11(2)19(22)25-15-9-21-18-14(17(15)16)4-5-20-18;1-19-26(23,24)10-11-2-4-12(5-3-11)14-8-18(22)25-15-9-21-17-13(16(14)15)6-7-20-17/h2-3,9-13,17,24H,4-8H2,1H3,(H,22,23);4,6,8-9,11,14,24H,3,5,7,10H2,1-2H3,(H,20,21);4-5,9,12-13,22H,3,6-8,10H2,1-2H3,(H,20,21);6-9,11-12,19,22H,2-5,10H2,1H3,(H,20,21)/t;11-,14+;;/m.1../s1. The first-order valence-electron chi connectivity index (χ1n) is 36.5. The molecule has 6 aliphatic carbocycles. The lowest BCUT2D eigenvalue weighted by Gasteiger charge is -2.60. The Bertz CT molecular complexity index is 4870. The zero-order valence-electron chi connectivity index (χ0n) is 58.7. The number of allylic oxidation sites excluding steroid dienone is 4. The molecule has 29 heteroatoms. The highest BCUT2D eigenvalue weighted by Crippen LogP contribution is 2.65. The minimum Gasteiger partial charge on any atom is -0.531 e. The van der Waals surface area contributed by atoms with Gasteiger partial charge in [-0.3, -0.25) is 4.79 Å². The Hall–Kier alpha value is -7.65. The molecular formula is C73H90B4N10O13S2. The SMILES string of the molecule is CC12CC3CC(C1)C(C1=CB(O)Oc4cnc5[nH]ccc5c41)C(C3)C2.CCC(=O)N1CC[C@@H](C)[C@@H](C2=CB(O)Oc3cnc4[nH]ccc4c32)C1.CCCS(=O)(=O)CC1CC(C2=C(C)B(O)Oc3cnc4[nH]ccc4c32)C1.CNS(=O)(=O)CC1CCC(C2=CB(O)Oc3cnc4[nH]ccc4c32)CC1. The van der Waals surface area contributed by atoms with Crippen LogP contribution in [0.1, 0.15) is 147 Å². The van der Waals surface area contributed by atoms with E-state index in [1.54, 1.807) is 36.7 Å². The molecule has 0 spiro atoms. The Kier molecular flexibility index (Phi) is 19.3. The fraction of sp³-hybridized carbons (Fsp3) is 0.493. The molecule has 4 bridgehead atoms. The summed E-state index contributed by atoms with van der Waals surface area (Å²) in [5, 5.41) is 45.0. The first-order chi connectivity index (χ1) is 49.0. The number of fused-ring (bicyclic) bond motifs is 12. The van der Waals surface area contributed by atoms with Gasteiger partial charge in [-0.1, -0.05) is 27.7 Å².